The van der Waals surface area contributed by atoms with Crippen molar-refractivity contribution >= 4 is 24.1 Å². The van der Waals surface area contributed by atoms with Crippen molar-refractivity contribution in [2.45, 2.75) is 206 Å². The van der Waals surface area contributed by atoms with Gasteiger partial charge in [0.1, 0.15) is 6.04 Å². The molecule has 0 spiro atoms. The van der Waals surface area contributed by atoms with E-state index in [-0.39, 0.29) is 31.1 Å². The van der Waals surface area contributed by atoms with E-state index < -0.39 is 12.0 Å². The molecule has 0 aliphatic carbocycles. The van der Waals surface area contributed by atoms with Gasteiger partial charge in [0.25, 0.3) is 0 Å². The zero-order valence-corrected chi connectivity index (χ0v) is 37.1. The van der Waals surface area contributed by atoms with E-state index in [0.29, 0.717) is 25.8 Å². The lowest BCUT2D eigenvalue weighted by Crippen LogP contribution is -2.69. The number of nitrogens with zero attached hydrogens (tertiary/aromatic N) is 1. The van der Waals surface area contributed by atoms with Gasteiger partial charge in [-0.05, 0) is 75.3 Å². The van der Waals surface area contributed by atoms with Crippen LogP contribution in [0.15, 0.2) is 53.6 Å². The molecule has 1 rings (SSSR count). The van der Waals surface area contributed by atoms with Gasteiger partial charge >= 0.3 is 11.9 Å². The number of carboxylic acid groups (broad SMARTS) is 1. The van der Waals surface area contributed by atoms with E-state index in [9.17, 15) is 19.5 Å². The fourth-order valence-corrected chi connectivity index (χ4v) is 6.81. The lowest BCUT2D eigenvalue weighted by molar-refractivity contribution is -0.437. The number of aliphatic imine (C=N–C) groups is 1. The second-order valence-corrected chi connectivity index (χ2v) is 16.4. The van der Waals surface area contributed by atoms with Crippen molar-refractivity contribution in [1.29, 1.82) is 0 Å². The molecule has 0 radical (unpaired) electrons. The molecule has 0 heterocycles. The largest absolute Gasteiger partial charge is 0.544 e. The van der Waals surface area contributed by atoms with E-state index in [1.165, 1.54) is 116 Å². The van der Waals surface area contributed by atoms with Crippen LogP contribution < -0.4 is 10.8 Å². The third-order valence-corrected chi connectivity index (χ3v) is 10.6. The standard InChI is InChI=1S/C50H84N2O6/c1-3-5-7-9-11-13-15-17-19-21-23-25-27-29-31-33-48(53)57-42-46(41-52-40-45-37-35-44(36-38-45)39-47(51)50(55)56)43-58-49(54)34-32-30-28-26-24-22-20-18-16-14-12-10-8-6-4-2/h17-20,35-38,40,46-47H,3-16,21-34,39,41-43,51H2,1-2H3,(H,55,56)/b19-17-,20-18-,52-40?. The molecule has 8 nitrogen and oxygen atoms in total. The minimum atomic E-state index is -1.17. The Labute approximate surface area is 354 Å². The van der Waals surface area contributed by atoms with Crippen LogP contribution in [-0.2, 0) is 30.3 Å². The third kappa shape index (κ3) is 33.7. The fraction of sp³-hybridized carbons (Fsp3) is 0.720. The number of carboxylic acids is 1. The summed E-state index contributed by atoms with van der Waals surface area (Å²) < 4.78 is 11.3. The maximum Gasteiger partial charge on any atom is 0.305 e. The van der Waals surface area contributed by atoms with Crippen LogP contribution in [0.2, 0.25) is 0 Å². The molecule has 0 aromatic heterocycles. The summed E-state index contributed by atoms with van der Waals surface area (Å²) in [4.78, 5) is 40.8. The van der Waals surface area contributed by atoms with E-state index in [4.69, 9.17) is 9.47 Å². The van der Waals surface area contributed by atoms with Crippen LogP contribution >= 0.6 is 0 Å². The summed E-state index contributed by atoms with van der Waals surface area (Å²) in [6, 6.07) is 6.65. The predicted molar refractivity (Wildman–Crippen MR) is 239 cm³/mol. The Morgan fingerprint density at radius 1 is 0.586 bits per heavy atom. The third-order valence-electron chi connectivity index (χ3n) is 10.6. The first kappa shape index (κ1) is 52.8. The highest BCUT2D eigenvalue weighted by molar-refractivity contribution is 5.79. The number of carbonyl (C=O) groups is 3. The molecule has 58 heavy (non-hydrogen) atoms. The first-order valence-electron chi connectivity index (χ1n) is 23.6. The molecular weight excluding hydrogens is 725 g/mol. The van der Waals surface area contributed by atoms with Gasteiger partial charge < -0.3 is 25.1 Å². The summed E-state index contributed by atoms with van der Waals surface area (Å²) in [6.45, 7) is 5.15. The molecule has 0 fully saturated rings. The average molecular weight is 809 g/mol. The minimum absolute atomic E-state index is 0.148. The molecule has 1 unspecified atom stereocenters. The normalized spacial score (nSPS) is 12.3. The molecule has 0 bridgehead atoms. The highest BCUT2D eigenvalue weighted by Crippen LogP contribution is 2.14. The Bertz CT molecular complexity index is 1170. The number of ether oxygens (including phenoxy) is 2. The number of carbonyl (C=O) groups excluding carboxylic acids is 3. The Morgan fingerprint density at radius 3 is 1.36 bits per heavy atom. The van der Waals surface area contributed by atoms with Gasteiger partial charge in [0, 0.05) is 37.9 Å². The predicted octanol–water partition coefficient (Wildman–Crippen LogP) is 10.8. The zero-order chi connectivity index (χ0) is 42.2. The summed E-state index contributed by atoms with van der Waals surface area (Å²) >= 11 is 0. The van der Waals surface area contributed by atoms with Crippen molar-refractivity contribution in [3.05, 3.63) is 59.7 Å². The Balaban J connectivity index is 2.37. The molecule has 0 saturated heterocycles. The number of unbranched alkanes of at least 4 members (excludes halogenated alkanes) is 22. The number of aliphatic carboxylic acids is 1. The van der Waals surface area contributed by atoms with Crippen LogP contribution in [0.4, 0.5) is 0 Å². The van der Waals surface area contributed by atoms with Gasteiger partial charge in [-0.1, -0.05) is 165 Å². The Kier molecular flexibility index (Phi) is 35.7. The summed E-state index contributed by atoms with van der Waals surface area (Å²) in [6.07, 6.45) is 43.6. The molecule has 3 N–H and O–H groups in total. The number of hydrogen-bond donors (Lipinski definition) is 1. The zero-order valence-electron chi connectivity index (χ0n) is 37.1. The van der Waals surface area contributed by atoms with Gasteiger partial charge in [0.05, 0.1) is 19.2 Å². The number of allylic oxidation sites excluding steroid dienone is 4. The Morgan fingerprint density at radius 2 is 0.966 bits per heavy atom. The number of esters is 2. The minimum Gasteiger partial charge on any atom is -0.544 e. The van der Waals surface area contributed by atoms with Gasteiger partial charge in [0.15, 0.2) is 0 Å². The summed E-state index contributed by atoms with van der Waals surface area (Å²) in [7, 11) is 0. The van der Waals surface area contributed by atoms with Gasteiger partial charge in [0.2, 0.25) is 0 Å². The number of rotatable bonds is 40. The van der Waals surface area contributed by atoms with E-state index in [1.807, 2.05) is 24.3 Å². The van der Waals surface area contributed by atoms with Gasteiger partial charge in [-0.3, -0.25) is 14.6 Å². The SMILES string of the molecule is CCCCCCCC/C=C\CCCCCCCC(=O)OCC(CN=Cc1ccc(CC([NH3+])C(=O)[O-])cc1)COC(=O)CCCCCCC/C=C\CCCCCCCC. The van der Waals surface area contributed by atoms with Crippen molar-refractivity contribution in [3.63, 3.8) is 0 Å². The van der Waals surface area contributed by atoms with Crippen molar-refractivity contribution in [3.8, 4) is 0 Å². The molecule has 1 aromatic rings. The van der Waals surface area contributed by atoms with Crippen molar-refractivity contribution in [2.75, 3.05) is 19.8 Å². The molecule has 330 valence electrons. The molecular formula is C50H84N2O6. The van der Waals surface area contributed by atoms with Crippen LogP contribution in [0.5, 0.6) is 0 Å². The average Bonchev–Trinajstić information content (AvgIpc) is 3.22. The summed E-state index contributed by atoms with van der Waals surface area (Å²) in [5, 5.41) is 11.0. The van der Waals surface area contributed by atoms with Crippen LogP contribution in [0.25, 0.3) is 0 Å². The molecule has 8 heteroatoms. The molecule has 0 aliphatic heterocycles. The van der Waals surface area contributed by atoms with Crippen molar-refractivity contribution < 1.29 is 34.7 Å². The highest BCUT2D eigenvalue weighted by atomic mass is 16.5. The van der Waals surface area contributed by atoms with E-state index >= 15 is 0 Å². The van der Waals surface area contributed by atoms with Crippen LogP contribution in [0.1, 0.15) is 205 Å². The molecule has 0 amide bonds. The van der Waals surface area contributed by atoms with Gasteiger partial charge in [-0.15, -0.1) is 0 Å². The van der Waals surface area contributed by atoms with Gasteiger partial charge in [-0.2, -0.15) is 0 Å². The van der Waals surface area contributed by atoms with Crippen LogP contribution in [0, 0.1) is 5.92 Å². The van der Waals surface area contributed by atoms with Crippen molar-refractivity contribution in [2.24, 2.45) is 10.9 Å². The highest BCUT2D eigenvalue weighted by Gasteiger charge is 2.15. The smallest absolute Gasteiger partial charge is 0.305 e. The summed E-state index contributed by atoms with van der Waals surface area (Å²) in [5.41, 5.74) is 5.34. The Hall–Kier alpha value is -3.26. The molecule has 1 aromatic carbocycles. The van der Waals surface area contributed by atoms with Crippen LogP contribution in [-0.4, -0.2) is 49.9 Å². The lowest BCUT2D eigenvalue weighted by Gasteiger charge is -2.15. The topological polar surface area (TPSA) is 133 Å². The quantitative estimate of drug-likeness (QED) is 0.0304. The monoisotopic (exact) mass is 809 g/mol. The second-order valence-electron chi connectivity index (χ2n) is 16.4. The van der Waals surface area contributed by atoms with E-state index in [2.05, 4.69) is 48.9 Å². The number of quaternary nitrogens is 1. The molecule has 0 saturated carbocycles. The maximum atomic E-state index is 12.6. The second kappa shape index (κ2) is 39.2. The first-order chi connectivity index (χ1) is 28.3. The van der Waals surface area contributed by atoms with Crippen molar-refractivity contribution in [1.82, 2.24) is 0 Å². The molecule has 1 atom stereocenters. The van der Waals surface area contributed by atoms with E-state index in [0.717, 1.165) is 62.5 Å². The number of hydrogen-bond acceptors (Lipinski definition) is 7. The molecule has 0 aliphatic rings. The van der Waals surface area contributed by atoms with E-state index in [1.54, 1.807) is 6.21 Å². The van der Waals surface area contributed by atoms with Crippen LogP contribution in [0.3, 0.4) is 0 Å². The first-order valence-corrected chi connectivity index (χ1v) is 23.6. The lowest BCUT2D eigenvalue weighted by atomic mass is 10.1. The van der Waals surface area contributed by atoms with Gasteiger partial charge in [-0.25, -0.2) is 0 Å². The fourth-order valence-electron chi connectivity index (χ4n) is 6.81. The maximum absolute atomic E-state index is 12.6. The number of benzene rings is 1. The summed E-state index contributed by atoms with van der Waals surface area (Å²) in [5.74, 6) is -1.86.